The molecule has 1 aromatic heterocycles. The first-order valence-electron chi connectivity index (χ1n) is 5.86. The lowest BCUT2D eigenvalue weighted by atomic mass is 10.2. The van der Waals surface area contributed by atoms with Crippen LogP contribution < -0.4 is 10.6 Å². The van der Waals surface area contributed by atoms with Crippen LogP contribution in [0.2, 0.25) is 0 Å². The summed E-state index contributed by atoms with van der Waals surface area (Å²) in [5.41, 5.74) is 0.625. The third-order valence-corrected chi connectivity index (χ3v) is 2.43. The number of rotatable bonds is 3. The van der Waals surface area contributed by atoms with Gasteiger partial charge in [0.25, 0.3) is 5.91 Å². The van der Waals surface area contributed by atoms with Crippen molar-refractivity contribution in [3.63, 3.8) is 0 Å². The Kier molecular flexibility index (Phi) is 4.05. The Hall–Kier alpha value is -2.76. The maximum atomic E-state index is 13.5. The van der Waals surface area contributed by atoms with Gasteiger partial charge >= 0.3 is 0 Å². The first-order chi connectivity index (χ1) is 9.56. The Morgan fingerprint density at radius 1 is 1.15 bits per heavy atom. The van der Waals surface area contributed by atoms with Crippen LogP contribution in [0.25, 0.3) is 0 Å². The number of anilines is 2. The summed E-state index contributed by atoms with van der Waals surface area (Å²) < 4.78 is 13.5. The van der Waals surface area contributed by atoms with Crippen LogP contribution in [0.5, 0.6) is 0 Å². The SMILES string of the molecule is CC(=O)Nc1cc(NC(=O)c2ccccn2)ccc1F. The van der Waals surface area contributed by atoms with Crippen molar-refractivity contribution in [2.24, 2.45) is 0 Å². The summed E-state index contributed by atoms with van der Waals surface area (Å²) in [5.74, 6) is -1.38. The van der Waals surface area contributed by atoms with Crippen LogP contribution in [-0.2, 0) is 4.79 Å². The highest BCUT2D eigenvalue weighted by molar-refractivity contribution is 6.03. The van der Waals surface area contributed by atoms with Crippen LogP contribution in [0, 0.1) is 5.82 Å². The summed E-state index contributed by atoms with van der Waals surface area (Å²) in [6.07, 6.45) is 1.50. The topological polar surface area (TPSA) is 71.1 Å². The van der Waals surface area contributed by atoms with E-state index in [1.54, 1.807) is 18.2 Å². The summed E-state index contributed by atoms with van der Waals surface area (Å²) in [5, 5.41) is 4.93. The van der Waals surface area contributed by atoms with Crippen molar-refractivity contribution in [2.75, 3.05) is 10.6 Å². The number of carbonyl (C=O) groups is 2. The predicted molar refractivity (Wildman–Crippen MR) is 72.9 cm³/mol. The molecule has 2 N–H and O–H groups in total. The van der Waals surface area contributed by atoms with E-state index in [2.05, 4.69) is 15.6 Å². The van der Waals surface area contributed by atoms with Crippen LogP contribution in [0.15, 0.2) is 42.6 Å². The van der Waals surface area contributed by atoms with Crippen molar-refractivity contribution < 1.29 is 14.0 Å². The van der Waals surface area contributed by atoms with Gasteiger partial charge in [0.15, 0.2) is 0 Å². The monoisotopic (exact) mass is 273 g/mol. The van der Waals surface area contributed by atoms with Crippen LogP contribution in [0.4, 0.5) is 15.8 Å². The quantitative estimate of drug-likeness (QED) is 0.902. The average Bonchev–Trinajstić information content (AvgIpc) is 2.43. The van der Waals surface area contributed by atoms with E-state index in [0.717, 1.165) is 0 Å². The van der Waals surface area contributed by atoms with Gasteiger partial charge in [-0.15, -0.1) is 0 Å². The Morgan fingerprint density at radius 2 is 1.95 bits per heavy atom. The molecule has 5 nitrogen and oxygen atoms in total. The van der Waals surface area contributed by atoms with Crippen molar-refractivity contribution >= 4 is 23.2 Å². The zero-order valence-electron chi connectivity index (χ0n) is 10.7. The molecule has 0 atom stereocenters. The first-order valence-corrected chi connectivity index (χ1v) is 5.86. The second-order valence-corrected chi connectivity index (χ2v) is 4.04. The standard InChI is InChI=1S/C14H12FN3O2/c1-9(19)17-13-8-10(5-6-11(13)15)18-14(20)12-4-2-3-7-16-12/h2-8H,1H3,(H,17,19)(H,18,20). The Balaban J connectivity index is 2.18. The summed E-state index contributed by atoms with van der Waals surface area (Å²) in [6, 6.07) is 8.87. The molecule has 0 aliphatic rings. The van der Waals surface area contributed by atoms with E-state index in [1.165, 1.54) is 31.3 Å². The summed E-state index contributed by atoms with van der Waals surface area (Å²) >= 11 is 0. The molecule has 0 unspecified atom stereocenters. The molecule has 2 aromatic rings. The van der Waals surface area contributed by atoms with Crippen molar-refractivity contribution in [1.82, 2.24) is 4.98 Å². The molecule has 0 saturated heterocycles. The summed E-state index contributed by atoms with van der Waals surface area (Å²) in [4.78, 5) is 26.7. The Bertz CT molecular complexity index is 644. The molecule has 2 rings (SSSR count). The van der Waals surface area contributed by atoms with Crippen LogP contribution in [0.1, 0.15) is 17.4 Å². The molecule has 102 valence electrons. The highest BCUT2D eigenvalue weighted by Crippen LogP contribution is 2.20. The van der Waals surface area contributed by atoms with E-state index in [1.807, 2.05) is 0 Å². The summed E-state index contributed by atoms with van der Waals surface area (Å²) in [7, 11) is 0. The van der Waals surface area contributed by atoms with Gasteiger partial charge in [0.2, 0.25) is 5.91 Å². The van der Waals surface area contributed by atoms with E-state index in [-0.39, 0.29) is 11.4 Å². The molecule has 0 spiro atoms. The number of nitrogens with one attached hydrogen (secondary N) is 2. The van der Waals surface area contributed by atoms with Gasteiger partial charge in [-0.3, -0.25) is 14.6 Å². The number of halogens is 1. The zero-order valence-corrected chi connectivity index (χ0v) is 10.7. The molecule has 1 heterocycles. The predicted octanol–water partition coefficient (Wildman–Crippen LogP) is 2.43. The number of pyridine rings is 1. The summed E-state index contributed by atoms with van der Waals surface area (Å²) in [6.45, 7) is 1.28. The van der Waals surface area contributed by atoms with Crippen molar-refractivity contribution in [2.45, 2.75) is 6.92 Å². The van der Waals surface area contributed by atoms with Crippen LogP contribution in [-0.4, -0.2) is 16.8 Å². The maximum absolute atomic E-state index is 13.5. The molecule has 0 bridgehead atoms. The van der Waals surface area contributed by atoms with Crippen molar-refractivity contribution in [3.8, 4) is 0 Å². The lowest BCUT2D eigenvalue weighted by Gasteiger charge is -2.08. The van der Waals surface area contributed by atoms with Crippen LogP contribution in [0.3, 0.4) is 0 Å². The molecule has 0 radical (unpaired) electrons. The minimum atomic E-state index is -0.573. The molecule has 20 heavy (non-hydrogen) atoms. The highest BCUT2D eigenvalue weighted by atomic mass is 19.1. The molecule has 1 aromatic carbocycles. The largest absolute Gasteiger partial charge is 0.324 e. The lowest BCUT2D eigenvalue weighted by Crippen LogP contribution is -2.14. The van der Waals surface area contributed by atoms with E-state index in [4.69, 9.17) is 0 Å². The zero-order chi connectivity index (χ0) is 14.5. The number of aromatic nitrogens is 1. The first kappa shape index (κ1) is 13.7. The Labute approximate surface area is 114 Å². The minimum absolute atomic E-state index is 0.0105. The van der Waals surface area contributed by atoms with Gasteiger partial charge in [0, 0.05) is 18.8 Å². The third-order valence-electron chi connectivity index (χ3n) is 2.43. The molecular formula is C14H12FN3O2. The van der Waals surface area contributed by atoms with Gasteiger partial charge in [-0.1, -0.05) is 6.07 Å². The minimum Gasteiger partial charge on any atom is -0.324 e. The van der Waals surface area contributed by atoms with Crippen LogP contribution >= 0.6 is 0 Å². The fraction of sp³-hybridized carbons (Fsp3) is 0.0714. The average molecular weight is 273 g/mol. The number of hydrogen-bond acceptors (Lipinski definition) is 3. The van der Waals surface area contributed by atoms with E-state index < -0.39 is 17.6 Å². The normalized spacial score (nSPS) is 9.90. The van der Waals surface area contributed by atoms with Crippen molar-refractivity contribution in [3.05, 3.63) is 54.1 Å². The van der Waals surface area contributed by atoms with Gasteiger partial charge < -0.3 is 10.6 Å². The van der Waals surface area contributed by atoms with Gasteiger partial charge in [0.05, 0.1) is 5.69 Å². The van der Waals surface area contributed by atoms with E-state index >= 15 is 0 Å². The van der Waals surface area contributed by atoms with Gasteiger partial charge in [-0.2, -0.15) is 0 Å². The molecule has 2 amide bonds. The fourth-order valence-electron chi connectivity index (χ4n) is 1.58. The lowest BCUT2D eigenvalue weighted by molar-refractivity contribution is -0.114. The van der Waals surface area contributed by atoms with Crippen molar-refractivity contribution in [1.29, 1.82) is 0 Å². The highest BCUT2D eigenvalue weighted by Gasteiger charge is 2.09. The number of benzene rings is 1. The molecule has 0 aliphatic carbocycles. The molecule has 0 saturated carbocycles. The molecule has 6 heteroatoms. The molecular weight excluding hydrogens is 261 g/mol. The number of hydrogen-bond donors (Lipinski definition) is 2. The number of amides is 2. The van der Waals surface area contributed by atoms with E-state index in [9.17, 15) is 14.0 Å². The number of nitrogens with zero attached hydrogens (tertiary/aromatic N) is 1. The molecule has 0 aliphatic heterocycles. The fourth-order valence-corrected chi connectivity index (χ4v) is 1.58. The van der Waals surface area contributed by atoms with E-state index in [0.29, 0.717) is 5.69 Å². The Morgan fingerprint density at radius 3 is 2.60 bits per heavy atom. The molecule has 0 fully saturated rings. The second kappa shape index (κ2) is 5.92. The second-order valence-electron chi connectivity index (χ2n) is 4.04. The van der Waals surface area contributed by atoms with Gasteiger partial charge in [-0.05, 0) is 30.3 Å². The maximum Gasteiger partial charge on any atom is 0.274 e. The van der Waals surface area contributed by atoms with Gasteiger partial charge in [0.1, 0.15) is 11.5 Å². The smallest absolute Gasteiger partial charge is 0.274 e. The van der Waals surface area contributed by atoms with Gasteiger partial charge in [-0.25, -0.2) is 4.39 Å². The third kappa shape index (κ3) is 3.38. The number of carbonyl (C=O) groups excluding carboxylic acids is 2.